The summed E-state index contributed by atoms with van der Waals surface area (Å²) in [5, 5.41) is 10.7. The zero-order chi connectivity index (χ0) is 8.27. The van der Waals surface area contributed by atoms with Gasteiger partial charge in [0.15, 0.2) is 5.75 Å². The van der Waals surface area contributed by atoms with Crippen molar-refractivity contribution in [2.45, 2.75) is 0 Å². The molecule has 0 bridgehead atoms. The molecule has 0 amide bonds. The van der Waals surface area contributed by atoms with Gasteiger partial charge in [0, 0.05) is 0 Å². The Hall–Kier alpha value is -1.23. The quantitative estimate of drug-likeness (QED) is 0.657. The van der Waals surface area contributed by atoms with Crippen LogP contribution >= 0.6 is 11.3 Å². The van der Waals surface area contributed by atoms with Gasteiger partial charge in [-0.1, -0.05) is 0 Å². The fourth-order valence-electron chi connectivity index (χ4n) is 0.482. The molecule has 0 aliphatic rings. The lowest BCUT2D eigenvalue weighted by atomic mass is 10.6. The van der Waals surface area contributed by atoms with E-state index in [9.17, 15) is 4.79 Å². The van der Waals surface area contributed by atoms with Crippen molar-refractivity contribution in [2.24, 2.45) is 0 Å². The first-order chi connectivity index (χ1) is 5.24. The van der Waals surface area contributed by atoms with Crippen molar-refractivity contribution in [1.82, 2.24) is 0 Å². The molecule has 11 heavy (non-hydrogen) atoms. The van der Waals surface area contributed by atoms with Crippen molar-refractivity contribution >= 4 is 17.5 Å². The van der Waals surface area contributed by atoms with E-state index in [0.717, 1.165) is 11.3 Å². The Bertz CT molecular complexity index is 255. The van der Waals surface area contributed by atoms with Gasteiger partial charge in [-0.2, -0.15) is 0 Å². The van der Waals surface area contributed by atoms with Gasteiger partial charge >= 0.3 is 6.16 Å². The van der Waals surface area contributed by atoms with E-state index in [0.29, 0.717) is 0 Å². The van der Waals surface area contributed by atoms with Crippen LogP contribution in [0.4, 0.5) is 4.79 Å². The standard InChI is InChI=1S/C6H6O4S/c1-9-6(8)10-5-4(7)2-3-11-5/h2-3,7H,1H3. The number of hydrogen-bond donors (Lipinski definition) is 1. The van der Waals surface area contributed by atoms with Crippen LogP contribution in [0.1, 0.15) is 0 Å². The molecule has 0 saturated carbocycles. The number of rotatable bonds is 1. The van der Waals surface area contributed by atoms with Gasteiger partial charge in [-0.3, -0.25) is 0 Å². The lowest BCUT2D eigenvalue weighted by Gasteiger charge is -1.97. The molecule has 1 rings (SSSR count). The highest BCUT2D eigenvalue weighted by Gasteiger charge is 2.08. The van der Waals surface area contributed by atoms with E-state index in [1.54, 1.807) is 5.38 Å². The van der Waals surface area contributed by atoms with Gasteiger partial charge in [0.1, 0.15) is 0 Å². The summed E-state index contributed by atoms with van der Waals surface area (Å²) in [6.45, 7) is 0. The number of thiophene rings is 1. The summed E-state index contributed by atoms with van der Waals surface area (Å²) in [7, 11) is 1.20. The molecule has 1 aromatic rings. The molecule has 0 aliphatic heterocycles. The van der Waals surface area contributed by atoms with E-state index in [1.165, 1.54) is 13.2 Å². The molecule has 0 aliphatic carbocycles. The molecule has 1 N–H and O–H groups in total. The smallest absolute Gasteiger partial charge is 0.504 e. The minimum Gasteiger partial charge on any atom is -0.504 e. The Morgan fingerprint density at radius 1 is 1.73 bits per heavy atom. The van der Waals surface area contributed by atoms with Crippen molar-refractivity contribution in [3.63, 3.8) is 0 Å². The molecule has 0 fully saturated rings. The normalized spacial score (nSPS) is 9.18. The molecule has 0 unspecified atom stereocenters. The van der Waals surface area contributed by atoms with Crippen molar-refractivity contribution in [3.8, 4) is 10.8 Å². The fraction of sp³-hybridized carbons (Fsp3) is 0.167. The minimum absolute atomic E-state index is 0.0552. The highest BCUT2D eigenvalue weighted by Crippen LogP contribution is 2.32. The van der Waals surface area contributed by atoms with E-state index in [4.69, 9.17) is 5.11 Å². The maximum atomic E-state index is 10.5. The van der Waals surface area contributed by atoms with Crippen LogP contribution in [0.2, 0.25) is 0 Å². The van der Waals surface area contributed by atoms with Gasteiger partial charge in [0.25, 0.3) is 0 Å². The van der Waals surface area contributed by atoms with Gasteiger partial charge in [0.05, 0.1) is 7.11 Å². The van der Waals surface area contributed by atoms with Crippen molar-refractivity contribution in [2.75, 3.05) is 7.11 Å². The monoisotopic (exact) mass is 174 g/mol. The molecule has 1 heterocycles. The number of carbonyl (C=O) groups is 1. The second-order valence-corrected chi connectivity index (χ2v) is 2.53. The van der Waals surface area contributed by atoms with Crippen molar-refractivity contribution in [3.05, 3.63) is 11.4 Å². The first-order valence-corrected chi connectivity index (χ1v) is 3.64. The first-order valence-electron chi connectivity index (χ1n) is 2.76. The molecule has 0 atom stereocenters. The summed E-state index contributed by atoms with van der Waals surface area (Å²) in [5.74, 6) is -0.0552. The third kappa shape index (κ3) is 1.84. The topological polar surface area (TPSA) is 55.8 Å². The number of aromatic hydroxyl groups is 1. The molecule has 0 saturated heterocycles. The van der Waals surface area contributed by atoms with Gasteiger partial charge in [-0.05, 0) is 11.4 Å². The van der Waals surface area contributed by atoms with E-state index in [1.807, 2.05) is 0 Å². The lowest BCUT2D eigenvalue weighted by molar-refractivity contribution is 0.121. The number of hydrogen-bond acceptors (Lipinski definition) is 5. The molecule has 0 radical (unpaired) electrons. The molecule has 4 nitrogen and oxygen atoms in total. The Kier molecular flexibility index (Phi) is 2.32. The molecule has 0 aromatic carbocycles. The van der Waals surface area contributed by atoms with E-state index >= 15 is 0 Å². The Morgan fingerprint density at radius 2 is 2.45 bits per heavy atom. The van der Waals surface area contributed by atoms with Crippen LogP contribution in [-0.4, -0.2) is 18.4 Å². The molecule has 60 valence electrons. The maximum absolute atomic E-state index is 10.5. The Morgan fingerprint density at radius 3 is 2.91 bits per heavy atom. The summed E-state index contributed by atoms with van der Waals surface area (Å²) in [4.78, 5) is 10.5. The largest absolute Gasteiger partial charge is 0.514 e. The molecule has 0 spiro atoms. The molecular weight excluding hydrogens is 168 g/mol. The zero-order valence-electron chi connectivity index (χ0n) is 5.73. The second-order valence-electron chi connectivity index (χ2n) is 1.65. The third-order valence-corrected chi connectivity index (χ3v) is 1.73. The van der Waals surface area contributed by atoms with Crippen LogP contribution in [0.25, 0.3) is 0 Å². The van der Waals surface area contributed by atoms with Crippen LogP contribution in [-0.2, 0) is 4.74 Å². The minimum atomic E-state index is -0.831. The number of methoxy groups -OCH3 is 1. The molecule has 1 aromatic heterocycles. The Labute approximate surface area is 67.0 Å². The number of ether oxygens (including phenoxy) is 2. The lowest BCUT2D eigenvalue weighted by Crippen LogP contribution is -2.05. The predicted octanol–water partition coefficient (Wildman–Crippen LogP) is 1.60. The number of carbonyl (C=O) groups excluding carboxylic acids is 1. The summed E-state index contributed by atoms with van der Waals surface area (Å²) in [5.41, 5.74) is 0. The van der Waals surface area contributed by atoms with Crippen molar-refractivity contribution < 1.29 is 19.4 Å². The van der Waals surface area contributed by atoms with E-state index < -0.39 is 6.16 Å². The van der Waals surface area contributed by atoms with E-state index in [-0.39, 0.29) is 10.8 Å². The summed E-state index contributed by atoms with van der Waals surface area (Å²) >= 11 is 1.12. The van der Waals surface area contributed by atoms with Crippen LogP contribution in [0.15, 0.2) is 11.4 Å². The fourth-order valence-corrected chi connectivity index (χ4v) is 1.11. The van der Waals surface area contributed by atoms with Crippen LogP contribution < -0.4 is 4.74 Å². The summed E-state index contributed by atoms with van der Waals surface area (Å²) < 4.78 is 8.75. The second kappa shape index (κ2) is 3.25. The summed E-state index contributed by atoms with van der Waals surface area (Å²) in [6, 6.07) is 1.43. The molecular formula is C6H6O4S. The summed E-state index contributed by atoms with van der Waals surface area (Å²) in [6.07, 6.45) is -0.831. The van der Waals surface area contributed by atoms with Gasteiger partial charge in [-0.25, -0.2) is 4.79 Å². The average Bonchev–Trinajstić information content (AvgIpc) is 2.37. The maximum Gasteiger partial charge on any atom is 0.514 e. The zero-order valence-corrected chi connectivity index (χ0v) is 6.55. The Balaban J connectivity index is 2.64. The van der Waals surface area contributed by atoms with E-state index in [2.05, 4.69) is 9.47 Å². The van der Waals surface area contributed by atoms with Crippen LogP contribution in [0.3, 0.4) is 0 Å². The van der Waals surface area contributed by atoms with Gasteiger partial charge in [-0.15, -0.1) is 11.3 Å². The van der Waals surface area contributed by atoms with Gasteiger partial charge < -0.3 is 14.6 Å². The predicted molar refractivity (Wildman–Crippen MR) is 39.0 cm³/mol. The van der Waals surface area contributed by atoms with Crippen LogP contribution in [0.5, 0.6) is 10.8 Å². The first kappa shape index (κ1) is 7.87. The van der Waals surface area contributed by atoms with Crippen molar-refractivity contribution in [1.29, 1.82) is 0 Å². The molecule has 5 heteroatoms. The van der Waals surface area contributed by atoms with Gasteiger partial charge in [0.2, 0.25) is 5.06 Å². The average molecular weight is 174 g/mol. The third-order valence-electron chi connectivity index (χ3n) is 0.953. The SMILES string of the molecule is COC(=O)Oc1sccc1O. The highest BCUT2D eigenvalue weighted by atomic mass is 32.1. The van der Waals surface area contributed by atoms with Crippen LogP contribution in [0, 0.1) is 0 Å². The highest BCUT2D eigenvalue weighted by molar-refractivity contribution is 7.12.